The molecule has 1 rings (SSSR count). The van der Waals surface area contributed by atoms with Gasteiger partial charge < -0.3 is 0 Å². The van der Waals surface area contributed by atoms with Gasteiger partial charge in [0, 0.05) is 0 Å². The maximum atomic E-state index is 12.6. The Morgan fingerprint density at radius 2 is 1.29 bits per heavy atom. The van der Waals surface area contributed by atoms with Crippen LogP contribution in [0.4, 0.5) is 26.3 Å². The van der Waals surface area contributed by atoms with Crippen molar-refractivity contribution in [2.45, 2.75) is 32.1 Å². The summed E-state index contributed by atoms with van der Waals surface area (Å²) in [6, 6.07) is 2.14. The second kappa shape index (κ2) is 4.58. The second-order valence-electron chi connectivity index (χ2n) is 3.58. The van der Waals surface area contributed by atoms with Crippen LogP contribution in [0.5, 0.6) is 0 Å². The minimum Gasteiger partial charge on any atom is -0.166 e. The standard InChI is InChI=1S/C11H10F6/c1-2-4-7-8(10(12,13)14)5-3-6-9(7)11(15,16)17/h3,5-6H,2,4H2,1H3. The number of rotatable bonds is 2. The van der Waals surface area contributed by atoms with Crippen LogP contribution in [0, 0.1) is 0 Å². The molecule has 0 fully saturated rings. The Kier molecular flexibility index (Phi) is 3.74. The second-order valence-corrected chi connectivity index (χ2v) is 3.58. The summed E-state index contributed by atoms with van der Waals surface area (Å²) < 4.78 is 75.4. The van der Waals surface area contributed by atoms with Crippen molar-refractivity contribution in [2.24, 2.45) is 0 Å². The summed E-state index contributed by atoms with van der Waals surface area (Å²) in [5, 5.41) is 0. The van der Waals surface area contributed by atoms with Gasteiger partial charge in [0.05, 0.1) is 11.1 Å². The Bertz CT molecular complexity index is 356. The van der Waals surface area contributed by atoms with Crippen molar-refractivity contribution >= 4 is 0 Å². The van der Waals surface area contributed by atoms with Crippen molar-refractivity contribution in [1.29, 1.82) is 0 Å². The van der Waals surface area contributed by atoms with Crippen molar-refractivity contribution in [3.05, 3.63) is 34.9 Å². The van der Waals surface area contributed by atoms with Crippen LogP contribution >= 0.6 is 0 Å². The van der Waals surface area contributed by atoms with E-state index in [9.17, 15) is 26.3 Å². The highest BCUT2D eigenvalue weighted by Crippen LogP contribution is 2.39. The van der Waals surface area contributed by atoms with Crippen LogP contribution in [0.1, 0.15) is 30.0 Å². The van der Waals surface area contributed by atoms with Crippen LogP contribution in [0.3, 0.4) is 0 Å². The van der Waals surface area contributed by atoms with Gasteiger partial charge in [-0.2, -0.15) is 26.3 Å². The molecule has 17 heavy (non-hydrogen) atoms. The van der Waals surface area contributed by atoms with Crippen molar-refractivity contribution in [1.82, 2.24) is 0 Å². The molecule has 0 amide bonds. The van der Waals surface area contributed by atoms with Gasteiger partial charge in [-0.15, -0.1) is 0 Å². The molecule has 0 radical (unpaired) electrons. The highest BCUT2D eigenvalue weighted by molar-refractivity contribution is 5.39. The third kappa shape index (κ3) is 3.14. The molecule has 0 heterocycles. The zero-order chi connectivity index (χ0) is 13.3. The lowest BCUT2D eigenvalue weighted by molar-refractivity contribution is -0.144. The maximum absolute atomic E-state index is 12.6. The van der Waals surface area contributed by atoms with Gasteiger partial charge in [-0.1, -0.05) is 19.4 Å². The number of hydrogen-bond donors (Lipinski definition) is 0. The molecule has 0 bridgehead atoms. The lowest BCUT2D eigenvalue weighted by Gasteiger charge is -2.18. The molecule has 0 aliphatic carbocycles. The molecule has 0 atom stereocenters. The maximum Gasteiger partial charge on any atom is 0.416 e. The minimum atomic E-state index is -4.76. The Labute approximate surface area is 94.2 Å². The average molecular weight is 256 g/mol. The van der Waals surface area contributed by atoms with E-state index in [1.807, 2.05) is 0 Å². The van der Waals surface area contributed by atoms with Crippen molar-refractivity contribution in [3.63, 3.8) is 0 Å². The van der Waals surface area contributed by atoms with Crippen LogP contribution in [0.25, 0.3) is 0 Å². The van der Waals surface area contributed by atoms with E-state index in [4.69, 9.17) is 0 Å². The first kappa shape index (κ1) is 13.9. The molecule has 6 heteroatoms. The molecule has 0 saturated heterocycles. The Morgan fingerprint density at radius 3 is 1.59 bits per heavy atom. The quantitative estimate of drug-likeness (QED) is 0.674. The summed E-state index contributed by atoms with van der Waals surface area (Å²) in [5.74, 6) is 0. The fourth-order valence-electron chi connectivity index (χ4n) is 1.64. The van der Waals surface area contributed by atoms with Crippen LogP contribution in [-0.4, -0.2) is 0 Å². The van der Waals surface area contributed by atoms with E-state index < -0.39 is 29.0 Å². The Hall–Kier alpha value is -1.20. The normalized spacial score (nSPS) is 12.9. The predicted octanol–water partition coefficient (Wildman–Crippen LogP) is 4.68. The van der Waals surface area contributed by atoms with Gasteiger partial charge in [0.25, 0.3) is 0 Å². The largest absolute Gasteiger partial charge is 0.416 e. The van der Waals surface area contributed by atoms with Crippen LogP contribution < -0.4 is 0 Å². The molecule has 0 nitrogen and oxygen atoms in total. The van der Waals surface area contributed by atoms with E-state index in [2.05, 4.69) is 0 Å². The summed E-state index contributed by atoms with van der Waals surface area (Å²) in [4.78, 5) is 0. The monoisotopic (exact) mass is 256 g/mol. The average Bonchev–Trinajstić information content (AvgIpc) is 2.15. The number of halogens is 6. The summed E-state index contributed by atoms with van der Waals surface area (Å²) in [6.07, 6.45) is -9.54. The van der Waals surface area contributed by atoms with Gasteiger partial charge in [-0.3, -0.25) is 0 Å². The highest BCUT2D eigenvalue weighted by atomic mass is 19.4. The van der Waals surface area contributed by atoms with Gasteiger partial charge in [0.15, 0.2) is 0 Å². The molecule has 1 aromatic rings. The van der Waals surface area contributed by atoms with Crippen LogP contribution in [0.15, 0.2) is 18.2 Å². The third-order valence-corrected chi connectivity index (χ3v) is 2.29. The van der Waals surface area contributed by atoms with Gasteiger partial charge in [0.1, 0.15) is 0 Å². The summed E-state index contributed by atoms with van der Waals surface area (Å²) in [7, 11) is 0. The SMILES string of the molecule is CCCc1c(C(F)(F)F)cccc1C(F)(F)F. The van der Waals surface area contributed by atoms with E-state index in [0.29, 0.717) is 12.1 Å². The van der Waals surface area contributed by atoms with Crippen molar-refractivity contribution < 1.29 is 26.3 Å². The van der Waals surface area contributed by atoms with E-state index in [-0.39, 0.29) is 12.8 Å². The van der Waals surface area contributed by atoms with Gasteiger partial charge in [0.2, 0.25) is 0 Å². The fourth-order valence-corrected chi connectivity index (χ4v) is 1.64. The molecule has 0 aromatic heterocycles. The highest BCUT2D eigenvalue weighted by Gasteiger charge is 2.39. The van der Waals surface area contributed by atoms with E-state index >= 15 is 0 Å². The molecule has 1 aromatic carbocycles. The summed E-state index contributed by atoms with van der Waals surface area (Å²) >= 11 is 0. The van der Waals surface area contributed by atoms with E-state index in [0.717, 1.165) is 6.07 Å². The number of hydrogen-bond acceptors (Lipinski definition) is 0. The lowest BCUT2D eigenvalue weighted by atomic mass is 9.96. The molecular formula is C11H10F6. The van der Waals surface area contributed by atoms with Crippen LogP contribution in [-0.2, 0) is 18.8 Å². The molecule has 0 saturated carbocycles. The third-order valence-electron chi connectivity index (χ3n) is 2.29. The first-order valence-corrected chi connectivity index (χ1v) is 4.94. The Balaban J connectivity index is 3.43. The molecule has 0 unspecified atom stereocenters. The first-order valence-electron chi connectivity index (χ1n) is 4.94. The fraction of sp³-hybridized carbons (Fsp3) is 0.455. The molecule has 96 valence electrons. The molecule has 0 aliphatic rings. The van der Waals surface area contributed by atoms with Crippen molar-refractivity contribution in [2.75, 3.05) is 0 Å². The zero-order valence-corrected chi connectivity index (χ0v) is 8.91. The zero-order valence-electron chi connectivity index (χ0n) is 8.91. The van der Waals surface area contributed by atoms with Gasteiger partial charge in [-0.25, -0.2) is 0 Å². The summed E-state index contributed by atoms with van der Waals surface area (Å²) in [6.45, 7) is 1.54. The Morgan fingerprint density at radius 1 is 0.882 bits per heavy atom. The van der Waals surface area contributed by atoms with Gasteiger partial charge >= 0.3 is 12.4 Å². The first-order chi connectivity index (χ1) is 7.68. The topological polar surface area (TPSA) is 0 Å². The van der Waals surface area contributed by atoms with Gasteiger partial charge in [-0.05, 0) is 24.1 Å². The minimum absolute atomic E-state index is 0.218. The summed E-state index contributed by atoms with van der Waals surface area (Å²) in [5.41, 5.74) is -3.07. The van der Waals surface area contributed by atoms with Crippen LogP contribution in [0.2, 0.25) is 0 Å². The smallest absolute Gasteiger partial charge is 0.166 e. The lowest BCUT2D eigenvalue weighted by Crippen LogP contribution is -2.16. The molecule has 0 spiro atoms. The van der Waals surface area contributed by atoms with Crippen molar-refractivity contribution in [3.8, 4) is 0 Å². The van der Waals surface area contributed by atoms with E-state index in [1.165, 1.54) is 6.92 Å². The molecule has 0 aliphatic heterocycles. The van der Waals surface area contributed by atoms with E-state index in [1.54, 1.807) is 0 Å². The predicted molar refractivity (Wildman–Crippen MR) is 50.4 cm³/mol. The number of benzene rings is 1. The molecule has 0 N–H and O–H groups in total. The molecular weight excluding hydrogens is 246 g/mol. The number of alkyl halides is 6.